The molecule has 0 fully saturated rings. The third kappa shape index (κ3) is 1.67. The van der Waals surface area contributed by atoms with Crippen molar-refractivity contribution in [2.75, 3.05) is 7.05 Å². The van der Waals surface area contributed by atoms with Gasteiger partial charge in [0.1, 0.15) is 5.54 Å². The number of carboxylic acids is 2. The first-order valence-electron chi connectivity index (χ1n) is 4.07. The summed E-state index contributed by atoms with van der Waals surface area (Å²) >= 11 is 0. The Morgan fingerprint density at radius 1 is 1.50 bits per heavy atom. The number of likely N-dealkylation sites (N-methyl/N-ethyl adjacent to an activating group) is 1. The Balaban J connectivity index is 2.90. The molecule has 0 saturated carbocycles. The van der Waals surface area contributed by atoms with E-state index >= 15 is 0 Å². The molecule has 1 aliphatic rings. The van der Waals surface area contributed by atoms with Crippen LogP contribution >= 0.6 is 0 Å². The fourth-order valence-electron chi connectivity index (χ4n) is 1.25. The highest BCUT2D eigenvalue weighted by molar-refractivity contribution is 5.92. The molecule has 0 bridgehead atoms. The van der Waals surface area contributed by atoms with Crippen molar-refractivity contribution in [1.29, 1.82) is 0 Å². The third-order valence-corrected chi connectivity index (χ3v) is 2.27. The molecule has 0 spiro atoms. The largest absolute Gasteiger partial charge is 0.480 e. The van der Waals surface area contributed by atoms with E-state index in [1.807, 2.05) is 0 Å². The zero-order chi connectivity index (χ0) is 10.8. The molecular weight excluding hydrogens is 186 g/mol. The van der Waals surface area contributed by atoms with Crippen LogP contribution in [0.4, 0.5) is 0 Å². The van der Waals surface area contributed by atoms with Crippen molar-refractivity contribution in [3.8, 4) is 0 Å². The average molecular weight is 197 g/mol. The van der Waals surface area contributed by atoms with Gasteiger partial charge in [-0.15, -0.1) is 0 Å². The van der Waals surface area contributed by atoms with Gasteiger partial charge in [-0.1, -0.05) is 12.2 Å². The summed E-state index contributed by atoms with van der Waals surface area (Å²) in [6, 6.07) is 0. The van der Waals surface area contributed by atoms with E-state index < -0.39 is 17.5 Å². The van der Waals surface area contributed by atoms with Crippen molar-refractivity contribution in [2.45, 2.75) is 12.0 Å². The van der Waals surface area contributed by atoms with Crippen LogP contribution in [0.5, 0.6) is 0 Å². The predicted octanol–water partition coefficient (Wildman–Crippen LogP) is 0.0001000. The number of aliphatic carboxylic acids is 2. The summed E-state index contributed by atoms with van der Waals surface area (Å²) in [7, 11) is 1.53. The van der Waals surface area contributed by atoms with Gasteiger partial charge in [0.25, 0.3) is 0 Å². The lowest BCUT2D eigenvalue weighted by Gasteiger charge is -2.26. The molecule has 14 heavy (non-hydrogen) atoms. The second kappa shape index (κ2) is 3.63. The highest BCUT2D eigenvalue weighted by Gasteiger charge is 2.35. The number of hydrogen-bond donors (Lipinski definition) is 3. The fourth-order valence-corrected chi connectivity index (χ4v) is 1.25. The van der Waals surface area contributed by atoms with Crippen molar-refractivity contribution in [1.82, 2.24) is 5.32 Å². The molecule has 0 aromatic carbocycles. The number of carbonyl (C=O) groups is 2. The zero-order valence-electron chi connectivity index (χ0n) is 7.65. The summed E-state index contributed by atoms with van der Waals surface area (Å²) in [5, 5.41) is 20.2. The van der Waals surface area contributed by atoms with Gasteiger partial charge in [0.15, 0.2) is 0 Å². The molecule has 0 heterocycles. The summed E-state index contributed by atoms with van der Waals surface area (Å²) in [5.41, 5.74) is -1.05. The molecule has 0 aromatic rings. The Labute approximate surface area is 80.7 Å². The highest BCUT2D eigenvalue weighted by Crippen LogP contribution is 2.21. The van der Waals surface area contributed by atoms with Crippen LogP contribution in [0.2, 0.25) is 0 Å². The van der Waals surface area contributed by atoms with Gasteiger partial charge in [0, 0.05) is 0 Å². The van der Waals surface area contributed by atoms with Gasteiger partial charge in [-0.25, -0.2) is 9.59 Å². The van der Waals surface area contributed by atoms with Crippen molar-refractivity contribution in [3.05, 3.63) is 23.8 Å². The van der Waals surface area contributed by atoms with Gasteiger partial charge in [-0.2, -0.15) is 0 Å². The molecule has 5 nitrogen and oxygen atoms in total. The van der Waals surface area contributed by atoms with Crippen LogP contribution in [0.25, 0.3) is 0 Å². The van der Waals surface area contributed by atoms with Gasteiger partial charge in [0.2, 0.25) is 0 Å². The number of rotatable bonds is 3. The molecule has 0 amide bonds. The first-order chi connectivity index (χ1) is 6.52. The van der Waals surface area contributed by atoms with Crippen molar-refractivity contribution < 1.29 is 19.8 Å². The van der Waals surface area contributed by atoms with Crippen LogP contribution in [0, 0.1) is 0 Å². The van der Waals surface area contributed by atoms with Crippen molar-refractivity contribution in [3.63, 3.8) is 0 Å². The topological polar surface area (TPSA) is 86.6 Å². The maximum Gasteiger partial charge on any atom is 0.335 e. The van der Waals surface area contributed by atoms with Crippen LogP contribution in [0.15, 0.2) is 23.8 Å². The molecule has 1 aliphatic carbocycles. The fraction of sp³-hybridized carbons (Fsp3) is 0.333. The second-order valence-corrected chi connectivity index (χ2v) is 3.03. The van der Waals surface area contributed by atoms with E-state index in [4.69, 9.17) is 10.2 Å². The zero-order valence-corrected chi connectivity index (χ0v) is 7.65. The van der Waals surface area contributed by atoms with Gasteiger partial charge in [-0.05, 0) is 19.5 Å². The first kappa shape index (κ1) is 10.5. The molecule has 0 radical (unpaired) electrons. The Bertz CT molecular complexity index is 332. The minimum absolute atomic E-state index is 0.122. The third-order valence-electron chi connectivity index (χ3n) is 2.27. The van der Waals surface area contributed by atoms with Gasteiger partial charge >= 0.3 is 11.9 Å². The highest BCUT2D eigenvalue weighted by atomic mass is 16.4. The average Bonchev–Trinajstić information content (AvgIpc) is 2.17. The Hall–Kier alpha value is -1.62. The maximum absolute atomic E-state index is 10.9. The molecule has 0 saturated heterocycles. The SMILES string of the molecule is CNC1(C(=O)O)C=CC(C(=O)O)=CC1. The van der Waals surface area contributed by atoms with Gasteiger partial charge < -0.3 is 15.5 Å². The molecule has 76 valence electrons. The normalized spacial score (nSPS) is 25.6. The monoisotopic (exact) mass is 197 g/mol. The number of nitrogens with one attached hydrogen (secondary N) is 1. The molecule has 1 rings (SSSR count). The summed E-state index contributed by atoms with van der Waals surface area (Å²) < 4.78 is 0. The van der Waals surface area contributed by atoms with E-state index in [1.165, 1.54) is 25.3 Å². The Morgan fingerprint density at radius 3 is 2.43 bits per heavy atom. The standard InChI is InChI=1S/C9H11NO4/c1-10-9(8(13)14)4-2-6(3-5-9)7(11)12/h2-4,10H,5H2,1H3,(H,11,12)(H,13,14). The molecule has 0 aliphatic heterocycles. The van der Waals surface area contributed by atoms with E-state index in [1.54, 1.807) is 0 Å². The Morgan fingerprint density at radius 2 is 2.14 bits per heavy atom. The minimum Gasteiger partial charge on any atom is -0.480 e. The molecule has 5 heteroatoms. The van der Waals surface area contributed by atoms with E-state index in [0.29, 0.717) is 0 Å². The first-order valence-corrected chi connectivity index (χ1v) is 4.07. The van der Waals surface area contributed by atoms with Crippen molar-refractivity contribution in [2.24, 2.45) is 0 Å². The van der Waals surface area contributed by atoms with Crippen LogP contribution in [-0.4, -0.2) is 34.7 Å². The molecule has 3 N–H and O–H groups in total. The lowest BCUT2D eigenvalue weighted by atomic mass is 9.89. The van der Waals surface area contributed by atoms with Crippen LogP contribution < -0.4 is 5.32 Å². The summed E-state index contributed by atoms with van der Waals surface area (Å²) in [6.45, 7) is 0. The van der Waals surface area contributed by atoms with E-state index in [2.05, 4.69) is 5.32 Å². The predicted molar refractivity (Wildman–Crippen MR) is 48.9 cm³/mol. The maximum atomic E-state index is 10.9. The summed E-state index contributed by atoms with van der Waals surface area (Å²) in [6.07, 6.45) is 4.19. The molecular formula is C9H11NO4. The van der Waals surface area contributed by atoms with Gasteiger partial charge in [0.05, 0.1) is 5.57 Å². The second-order valence-electron chi connectivity index (χ2n) is 3.03. The van der Waals surface area contributed by atoms with Gasteiger partial charge in [-0.3, -0.25) is 0 Å². The summed E-state index contributed by atoms with van der Waals surface area (Å²) in [4.78, 5) is 21.4. The van der Waals surface area contributed by atoms with E-state index in [9.17, 15) is 9.59 Å². The number of carboxylic acid groups (broad SMARTS) is 2. The van der Waals surface area contributed by atoms with Crippen molar-refractivity contribution >= 4 is 11.9 Å². The Kier molecular flexibility index (Phi) is 2.71. The summed E-state index contributed by atoms with van der Waals surface area (Å²) in [5.74, 6) is -2.06. The van der Waals surface area contributed by atoms with E-state index in [-0.39, 0.29) is 12.0 Å². The molecule has 1 atom stereocenters. The minimum atomic E-state index is -1.17. The lowest BCUT2D eigenvalue weighted by molar-refractivity contribution is -0.142. The number of hydrogen-bond acceptors (Lipinski definition) is 3. The van der Waals surface area contributed by atoms with Crippen LogP contribution in [-0.2, 0) is 9.59 Å². The molecule has 0 aromatic heterocycles. The molecule has 1 unspecified atom stereocenters. The lowest BCUT2D eigenvalue weighted by Crippen LogP contribution is -2.49. The van der Waals surface area contributed by atoms with Crippen LogP contribution in [0.3, 0.4) is 0 Å². The van der Waals surface area contributed by atoms with E-state index in [0.717, 1.165) is 0 Å². The quantitative estimate of drug-likeness (QED) is 0.592. The smallest absolute Gasteiger partial charge is 0.335 e. The van der Waals surface area contributed by atoms with Crippen LogP contribution in [0.1, 0.15) is 6.42 Å².